The van der Waals surface area contributed by atoms with Crippen molar-refractivity contribution in [2.45, 2.75) is 104 Å². The molecular weight excluding hydrogens is 582 g/mol. The normalized spacial score (nSPS) is 31.0. The Hall–Kier alpha value is -3.17. The average molecular weight is 636 g/mol. The molecule has 5 rings (SSSR count). The summed E-state index contributed by atoms with van der Waals surface area (Å²) in [4.78, 5) is 49.8. The van der Waals surface area contributed by atoms with Crippen LogP contribution in [0.15, 0.2) is 48.6 Å². The molecule has 1 aromatic rings. The third kappa shape index (κ3) is 5.57. The van der Waals surface area contributed by atoms with Gasteiger partial charge in [0, 0.05) is 24.3 Å². The summed E-state index contributed by atoms with van der Waals surface area (Å²) < 4.78 is 12.7. The lowest BCUT2D eigenvalue weighted by Gasteiger charge is -2.46. The van der Waals surface area contributed by atoms with Crippen molar-refractivity contribution in [3.63, 3.8) is 0 Å². The monoisotopic (exact) mass is 635 g/mol. The number of hydrogen-bond acceptors (Lipinski definition) is 6. The topological polar surface area (TPSA) is 99.6 Å². The number of benzene rings is 1. The maximum atomic E-state index is 15.0. The first-order valence-electron chi connectivity index (χ1n) is 16.9. The number of carbonyl (C=O) groups is 3. The zero-order valence-electron chi connectivity index (χ0n) is 29.1. The van der Waals surface area contributed by atoms with Gasteiger partial charge in [0.05, 0.1) is 36.7 Å². The number of likely N-dealkylation sites (tertiary alicyclic amines) is 1. The lowest BCUT2D eigenvalue weighted by molar-refractivity contribution is -0.159. The van der Waals surface area contributed by atoms with Crippen LogP contribution in [0.4, 0.5) is 5.69 Å². The molecule has 1 spiro atoms. The van der Waals surface area contributed by atoms with Gasteiger partial charge >= 0.3 is 0 Å². The Morgan fingerprint density at radius 2 is 1.61 bits per heavy atom. The minimum Gasteiger partial charge on any atom is -0.494 e. The van der Waals surface area contributed by atoms with Gasteiger partial charge < -0.3 is 29.3 Å². The fourth-order valence-corrected chi connectivity index (χ4v) is 8.69. The molecule has 3 amide bonds. The Morgan fingerprint density at radius 3 is 2.20 bits per heavy atom. The first-order valence-corrected chi connectivity index (χ1v) is 16.9. The molecule has 0 bridgehead atoms. The van der Waals surface area contributed by atoms with Crippen LogP contribution in [-0.4, -0.2) is 87.8 Å². The van der Waals surface area contributed by atoms with E-state index in [1.165, 1.54) is 0 Å². The molecule has 0 aromatic heterocycles. The predicted octanol–water partition coefficient (Wildman–Crippen LogP) is 4.98. The summed E-state index contributed by atoms with van der Waals surface area (Å²) in [6.45, 7) is 19.3. The zero-order chi connectivity index (χ0) is 33.8. The van der Waals surface area contributed by atoms with Crippen LogP contribution in [0, 0.1) is 23.2 Å². The Balaban J connectivity index is 1.64. The van der Waals surface area contributed by atoms with Crippen LogP contribution < -0.4 is 9.64 Å². The van der Waals surface area contributed by atoms with E-state index < -0.39 is 40.7 Å². The molecule has 1 N–H and O–H groups in total. The predicted molar refractivity (Wildman–Crippen MR) is 178 cm³/mol. The number of aliphatic hydroxyl groups is 1. The van der Waals surface area contributed by atoms with Crippen molar-refractivity contribution >= 4 is 23.4 Å². The Bertz CT molecular complexity index is 1400. The molecule has 252 valence electrons. The third-order valence-electron chi connectivity index (χ3n) is 10.5. The average Bonchev–Trinajstić information content (AvgIpc) is 3.23. The van der Waals surface area contributed by atoms with Crippen molar-refractivity contribution in [3.05, 3.63) is 48.6 Å². The van der Waals surface area contributed by atoms with Gasteiger partial charge in [0.15, 0.2) is 0 Å². The number of aliphatic hydroxyl groups excluding tert-OH is 1. The van der Waals surface area contributed by atoms with E-state index in [9.17, 15) is 14.7 Å². The SMILES string of the molecule is CCOc1ccc(N2CC=C[C@@]3(C)O[C@]45C=CCN(C(C)(C)CC(C)(C)C)C(=O)C4N([C@@H](CO)[C@@H](C)CC)C(=O)[C@@H]5[C@H]3C2=O)cc1. The standard InChI is InChI=1S/C37H53N3O6/c1-10-24(3)27(22-41)40-30-33(44)39(35(7,8)23-34(4,5)6)21-13-19-37(30)29(32(40)43)28-31(42)38(20-12-18-36(28,9)46-37)25-14-16-26(17-15-25)45-11-2/h12-19,24,27-30,41H,10-11,20-23H2,1-9H3/t24-,27-,28-,29-,30?,36+,37-/m0/s1. The van der Waals surface area contributed by atoms with Crippen LogP contribution in [0.3, 0.4) is 0 Å². The van der Waals surface area contributed by atoms with Gasteiger partial charge in [0.25, 0.3) is 0 Å². The first-order chi connectivity index (χ1) is 21.5. The third-order valence-corrected chi connectivity index (χ3v) is 10.5. The zero-order valence-corrected chi connectivity index (χ0v) is 29.1. The summed E-state index contributed by atoms with van der Waals surface area (Å²) in [5.74, 6) is -1.97. The molecule has 4 aliphatic rings. The fraction of sp³-hybridized carbons (Fsp3) is 0.649. The van der Waals surface area contributed by atoms with Crippen LogP contribution in [0.1, 0.15) is 75.2 Å². The number of carbonyl (C=O) groups excluding carboxylic acids is 3. The quantitative estimate of drug-likeness (QED) is 0.385. The number of anilines is 1. The Labute approximate surface area is 274 Å². The molecule has 7 atom stereocenters. The van der Waals surface area contributed by atoms with Crippen molar-refractivity contribution < 1.29 is 29.0 Å². The van der Waals surface area contributed by atoms with Crippen LogP contribution in [-0.2, 0) is 19.1 Å². The van der Waals surface area contributed by atoms with Crippen LogP contribution in [0.25, 0.3) is 0 Å². The van der Waals surface area contributed by atoms with Gasteiger partial charge in [-0.1, -0.05) is 65.3 Å². The summed E-state index contributed by atoms with van der Waals surface area (Å²) >= 11 is 0. The minimum absolute atomic E-state index is 0.0539. The molecule has 2 fully saturated rings. The van der Waals surface area contributed by atoms with Crippen LogP contribution >= 0.6 is 0 Å². The molecule has 46 heavy (non-hydrogen) atoms. The van der Waals surface area contributed by atoms with Gasteiger partial charge in [-0.25, -0.2) is 0 Å². The van der Waals surface area contributed by atoms with Crippen molar-refractivity contribution in [1.82, 2.24) is 9.80 Å². The second-order valence-electron chi connectivity index (χ2n) is 15.6. The summed E-state index contributed by atoms with van der Waals surface area (Å²) in [5.41, 5.74) is -2.41. The number of hydrogen-bond donors (Lipinski definition) is 1. The maximum Gasteiger partial charge on any atom is 0.249 e. The minimum atomic E-state index is -1.39. The van der Waals surface area contributed by atoms with E-state index >= 15 is 4.79 Å². The van der Waals surface area contributed by atoms with E-state index in [1.807, 2.05) is 81.2 Å². The highest BCUT2D eigenvalue weighted by Gasteiger charge is 2.75. The van der Waals surface area contributed by atoms with E-state index in [0.29, 0.717) is 37.6 Å². The summed E-state index contributed by atoms with van der Waals surface area (Å²) in [7, 11) is 0. The summed E-state index contributed by atoms with van der Waals surface area (Å²) in [5, 5.41) is 10.7. The molecule has 0 radical (unpaired) electrons. The Kier molecular flexibility index (Phi) is 9.01. The van der Waals surface area contributed by atoms with Crippen molar-refractivity contribution in [2.75, 3.05) is 31.2 Å². The Morgan fingerprint density at radius 1 is 0.957 bits per heavy atom. The lowest BCUT2D eigenvalue weighted by atomic mass is 9.74. The van der Waals surface area contributed by atoms with E-state index in [4.69, 9.17) is 9.47 Å². The molecule has 1 aromatic carbocycles. The van der Waals surface area contributed by atoms with Crippen LogP contribution in [0.5, 0.6) is 5.75 Å². The van der Waals surface area contributed by atoms with E-state index in [1.54, 1.807) is 9.80 Å². The summed E-state index contributed by atoms with van der Waals surface area (Å²) in [6.07, 6.45) is 9.09. The van der Waals surface area contributed by atoms with E-state index in [2.05, 4.69) is 34.6 Å². The second kappa shape index (κ2) is 12.1. The van der Waals surface area contributed by atoms with Crippen molar-refractivity contribution in [1.29, 1.82) is 0 Å². The van der Waals surface area contributed by atoms with E-state index in [0.717, 1.165) is 6.42 Å². The highest BCUT2D eigenvalue weighted by Crippen LogP contribution is 2.58. The smallest absolute Gasteiger partial charge is 0.249 e. The fourth-order valence-electron chi connectivity index (χ4n) is 8.69. The molecule has 1 unspecified atom stereocenters. The number of rotatable bonds is 9. The summed E-state index contributed by atoms with van der Waals surface area (Å²) in [6, 6.07) is 5.74. The molecule has 9 heteroatoms. The van der Waals surface area contributed by atoms with Gasteiger partial charge in [-0.05, 0) is 69.7 Å². The largest absolute Gasteiger partial charge is 0.494 e. The van der Waals surface area contributed by atoms with Crippen molar-refractivity contribution in [3.8, 4) is 5.75 Å². The lowest BCUT2D eigenvalue weighted by Crippen LogP contribution is -2.62. The van der Waals surface area contributed by atoms with Crippen LogP contribution in [0.2, 0.25) is 0 Å². The second-order valence-corrected chi connectivity index (χ2v) is 15.6. The highest BCUT2D eigenvalue weighted by atomic mass is 16.5. The highest BCUT2D eigenvalue weighted by molar-refractivity contribution is 6.04. The van der Waals surface area contributed by atoms with Gasteiger partial charge in [-0.2, -0.15) is 0 Å². The number of nitrogens with zero attached hydrogens (tertiary/aromatic N) is 3. The molecular formula is C37H53N3O6. The first kappa shape index (κ1) is 34.2. The molecule has 2 saturated heterocycles. The van der Waals surface area contributed by atoms with Gasteiger partial charge in [0.1, 0.15) is 17.4 Å². The number of fused-ring (bicyclic) bond motifs is 2. The van der Waals surface area contributed by atoms with Gasteiger partial charge in [0.2, 0.25) is 17.7 Å². The van der Waals surface area contributed by atoms with E-state index in [-0.39, 0.29) is 35.7 Å². The molecule has 4 aliphatic heterocycles. The maximum absolute atomic E-state index is 15.0. The molecule has 4 heterocycles. The van der Waals surface area contributed by atoms with Gasteiger partial charge in [-0.15, -0.1) is 0 Å². The molecule has 0 aliphatic carbocycles. The molecule has 9 nitrogen and oxygen atoms in total. The van der Waals surface area contributed by atoms with Crippen molar-refractivity contribution in [2.24, 2.45) is 23.2 Å². The molecule has 0 saturated carbocycles. The number of amides is 3. The van der Waals surface area contributed by atoms with Gasteiger partial charge in [-0.3, -0.25) is 14.4 Å². The number of ether oxygens (including phenoxy) is 2.